The normalized spacial score (nSPS) is 10.8. The fourth-order valence-electron chi connectivity index (χ4n) is 3.08. The first-order valence-electron chi connectivity index (χ1n) is 8.68. The van der Waals surface area contributed by atoms with Crippen LogP contribution in [0.25, 0.3) is 16.7 Å². The maximum Gasteiger partial charge on any atom is 0.224 e. The predicted octanol–water partition coefficient (Wildman–Crippen LogP) is 4.60. The van der Waals surface area contributed by atoms with Gasteiger partial charge in [0, 0.05) is 24.2 Å². The number of amides is 1. The molecule has 4 nitrogen and oxygen atoms in total. The van der Waals surface area contributed by atoms with Crippen LogP contribution in [-0.2, 0) is 11.2 Å². The smallest absolute Gasteiger partial charge is 0.224 e. The second-order valence-corrected chi connectivity index (χ2v) is 6.10. The highest BCUT2D eigenvalue weighted by Gasteiger charge is 2.13. The average Bonchev–Trinajstić information content (AvgIpc) is 3.06. The van der Waals surface area contributed by atoms with Crippen LogP contribution >= 0.6 is 0 Å². The molecule has 1 amide bonds. The van der Waals surface area contributed by atoms with Crippen molar-refractivity contribution in [3.05, 3.63) is 90.8 Å². The largest absolute Gasteiger partial charge is 0.326 e. The molecular weight excluding hydrogens is 322 g/mol. The van der Waals surface area contributed by atoms with E-state index in [1.807, 2.05) is 66.7 Å². The second-order valence-electron chi connectivity index (χ2n) is 6.10. The van der Waals surface area contributed by atoms with Gasteiger partial charge in [-0.3, -0.25) is 9.36 Å². The van der Waals surface area contributed by atoms with Gasteiger partial charge in [-0.15, -0.1) is 0 Å². The minimum absolute atomic E-state index is 0.0112. The third kappa shape index (κ3) is 3.35. The number of nitrogens with one attached hydrogen (secondary N) is 1. The number of rotatable bonds is 5. The molecule has 0 aliphatic rings. The molecule has 1 heterocycles. The minimum Gasteiger partial charge on any atom is -0.326 e. The summed E-state index contributed by atoms with van der Waals surface area (Å²) >= 11 is 0. The van der Waals surface area contributed by atoms with E-state index in [0.29, 0.717) is 12.8 Å². The molecule has 128 valence electrons. The number of carbonyl (C=O) groups excluding carboxylic acids is 1. The fraction of sp³-hybridized carbons (Fsp3) is 0.0909. The molecule has 0 saturated heterocycles. The summed E-state index contributed by atoms with van der Waals surface area (Å²) in [5, 5.41) is 2.93. The van der Waals surface area contributed by atoms with Crippen molar-refractivity contribution in [1.82, 2.24) is 9.55 Å². The number of aromatic nitrogens is 2. The van der Waals surface area contributed by atoms with Gasteiger partial charge in [0.25, 0.3) is 0 Å². The molecule has 1 aromatic heterocycles. The lowest BCUT2D eigenvalue weighted by atomic mass is 10.2. The van der Waals surface area contributed by atoms with Gasteiger partial charge >= 0.3 is 0 Å². The lowest BCUT2D eigenvalue weighted by Gasteiger charge is -2.09. The number of fused-ring (bicyclic) bond motifs is 1. The Balaban J connectivity index is 1.59. The number of hydrogen-bond donors (Lipinski definition) is 1. The first-order valence-corrected chi connectivity index (χ1v) is 8.68. The Morgan fingerprint density at radius 2 is 1.50 bits per heavy atom. The number of carbonyl (C=O) groups is 1. The monoisotopic (exact) mass is 341 g/mol. The first-order chi connectivity index (χ1) is 12.8. The van der Waals surface area contributed by atoms with Crippen LogP contribution in [-0.4, -0.2) is 15.5 Å². The highest BCUT2D eigenvalue weighted by molar-refractivity contribution is 5.90. The second kappa shape index (κ2) is 7.23. The van der Waals surface area contributed by atoms with Crippen LogP contribution in [0, 0.1) is 0 Å². The first kappa shape index (κ1) is 16.1. The summed E-state index contributed by atoms with van der Waals surface area (Å²) in [5.41, 5.74) is 3.86. The average molecular weight is 341 g/mol. The topological polar surface area (TPSA) is 46.9 Å². The van der Waals surface area contributed by atoms with E-state index in [0.717, 1.165) is 28.2 Å². The molecule has 0 fully saturated rings. The molecule has 0 bridgehead atoms. The number of anilines is 1. The van der Waals surface area contributed by atoms with E-state index in [4.69, 9.17) is 4.98 Å². The van der Waals surface area contributed by atoms with Crippen molar-refractivity contribution in [2.45, 2.75) is 12.8 Å². The van der Waals surface area contributed by atoms with Crippen molar-refractivity contribution in [1.29, 1.82) is 0 Å². The van der Waals surface area contributed by atoms with Crippen LogP contribution in [0.5, 0.6) is 0 Å². The van der Waals surface area contributed by atoms with E-state index in [9.17, 15) is 4.79 Å². The molecule has 4 rings (SSSR count). The van der Waals surface area contributed by atoms with Crippen molar-refractivity contribution >= 4 is 22.6 Å². The zero-order valence-corrected chi connectivity index (χ0v) is 14.3. The molecule has 1 N–H and O–H groups in total. The van der Waals surface area contributed by atoms with E-state index in [-0.39, 0.29) is 5.91 Å². The third-order valence-corrected chi connectivity index (χ3v) is 4.28. The van der Waals surface area contributed by atoms with Gasteiger partial charge in [-0.25, -0.2) is 4.98 Å². The number of imidazole rings is 1. The van der Waals surface area contributed by atoms with Gasteiger partial charge in [0.1, 0.15) is 5.82 Å². The molecule has 0 aliphatic carbocycles. The number of aryl methyl sites for hydroxylation is 1. The molecule has 0 atom stereocenters. The summed E-state index contributed by atoms with van der Waals surface area (Å²) in [7, 11) is 0. The minimum atomic E-state index is -0.0112. The van der Waals surface area contributed by atoms with Gasteiger partial charge in [0.2, 0.25) is 5.91 Å². The third-order valence-electron chi connectivity index (χ3n) is 4.28. The lowest BCUT2D eigenvalue weighted by molar-refractivity contribution is -0.116. The Morgan fingerprint density at radius 3 is 2.27 bits per heavy atom. The van der Waals surface area contributed by atoms with E-state index in [1.54, 1.807) is 0 Å². The molecule has 26 heavy (non-hydrogen) atoms. The highest BCUT2D eigenvalue weighted by Crippen LogP contribution is 2.22. The quantitative estimate of drug-likeness (QED) is 0.577. The Hall–Kier alpha value is -3.40. The van der Waals surface area contributed by atoms with Crippen molar-refractivity contribution in [3.8, 4) is 5.69 Å². The standard InChI is InChI=1S/C22H19N3O/c26-22(23-17-9-3-1-4-10-17)16-15-21-24-19-13-7-8-14-20(19)25(21)18-11-5-2-6-12-18/h1-14H,15-16H2,(H,23,26). The zero-order valence-electron chi connectivity index (χ0n) is 14.3. The van der Waals surface area contributed by atoms with Crippen molar-refractivity contribution in [2.24, 2.45) is 0 Å². The van der Waals surface area contributed by atoms with E-state index < -0.39 is 0 Å². The number of benzene rings is 3. The van der Waals surface area contributed by atoms with Crippen LogP contribution in [0.15, 0.2) is 84.9 Å². The Morgan fingerprint density at radius 1 is 0.846 bits per heavy atom. The van der Waals surface area contributed by atoms with E-state index in [2.05, 4.69) is 28.1 Å². The molecule has 0 saturated carbocycles. The summed E-state index contributed by atoms with van der Waals surface area (Å²) in [6.07, 6.45) is 0.952. The maximum atomic E-state index is 12.3. The fourth-order valence-corrected chi connectivity index (χ4v) is 3.08. The Bertz CT molecular complexity index is 1020. The van der Waals surface area contributed by atoms with Gasteiger partial charge in [-0.05, 0) is 36.4 Å². The Kier molecular flexibility index (Phi) is 4.48. The van der Waals surface area contributed by atoms with Crippen molar-refractivity contribution < 1.29 is 4.79 Å². The molecule has 0 spiro atoms. The van der Waals surface area contributed by atoms with Crippen LogP contribution in [0.1, 0.15) is 12.2 Å². The van der Waals surface area contributed by atoms with Gasteiger partial charge in [0.05, 0.1) is 11.0 Å². The van der Waals surface area contributed by atoms with Crippen molar-refractivity contribution in [3.63, 3.8) is 0 Å². The molecule has 4 heteroatoms. The van der Waals surface area contributed by atoms with Crippen LogP contribution in [0.2, 0.25) is 0 Å². The van der Waals surface area contributed by atoms with E-state index >= 15 is 0 Å². The molecule has 3 aromatic carbocycles. The summed E-state index contributed by atoms with van der Waals surface area (Å²) in [4.78, 5) is 17.1. The molecule has 0 unspecified atom stereocenters. The summed E-state index contributed by atoms with van der Waals surface area (Å²) in [6, 6.07) is 27.7. The molecular formula is C22H19N3O. The molecule has 0 radical (unpaired) electrons. The van der Waals surface area contributed by atoms with Crippen LogP contribution < -0.4 is 5.32 Å². The number of para-hydroxylation sites is 4. The Labute approximate surface area is 152 Å². The zero-order chi connectivity index (χ0) is 17.8. The van der Waals surface area contributed by atoms with Gasteiger partial charge in [0.15, 0.2) is 0 Å². The lowest BCUT2D eigenvalue weighted by Crippen LogP contribution is -2.13. The highest BCUT2D eigenvalue weighted by atomic mass is 16.1. The van der Waals surface area contributed by atoms with E-state index in [1.165, 1.54) is 0 Å². The molecule has 0 aliphatic heterocycles. The van der Waals surface area contributed by atoms with Gasteiger partial charge in [-0.1, -0.05) is 48.5 Å². The SMILES string of the molecule is O=C(CCc1nc2ccccc2n1-c1ccccc1)Nc1ccccc1. The van der Waals surface area contributed by atoms with Crippen molar-refractivity contribution in [2.75, 3.05) is 5.32 Å². The summed E-state index contributed by atoms with van der Waals surface area (Å²) < 4.78 is 2.13. The number of hydrogen-bond acceptors (Lipinski definition) is 2. The molecule has 4 aromatic rings. The van der Waals surface area contributed by atoms with Gasteiger partial charge in [-0.2, -0.15) is 0 Å². The predicted molar refractivity (Wildman–Crippen MR) is 104 cm³/mol. The summed E-state index contributed by atoms with van der Waals surface area (Å²) in [5.74, 6) is 0.878. The summed E-state index contributed by atoms with van der Waals surface area (Å²) in [6.45, 7) is 0. The maximum absolute atomic E-state index is 12.3. The van der Waals surface area contributed by atoms with Crippen LogP contribution in [0.3, 0.4) is 0 Å². The van der Waals surface area contributed by atoms with Crippen LogP contribution in [0.4, 0.5) is 5.69 Å². The van der Waals surface area contributed by atoms with Gasteiger partial charge < -0.3 is 5.32 Å². The number of nitrogens with zero attached hydrogens (tertiary/aromatic N) is 2.